The summed E-state index contributed by atoms with van der Waals surface area (Å²) >= 11 is 0. The quantitative estimate of drug-likeness (QED) is 0.168. The van der Waals surface area contributed by atoms with Crippen molar-refractivity contribution in [2.45, 2.75) is 38.9 Å². The first-order valence-corrected chi connectivity index (χ1v) is 16.6. The second-order valence-electron chi connectivity index (χ2n) is 12.5. The number of hydrogen-bond acceptors (Lipinski definition) is 2. The minimum atomic E-state index is -2.32. The van der Waals surface area contributed by atoms with E-state index in [1.54, 1.807) is 42.6 Å². The van der Waals surface area contributed by atoms with Gasteiger partial charge < -0.3 is 0 Å². The number of aromatic nitrogens is 2. The zero-order valence-electron chi connectivity index (χ0n) is 30.9. The molecule has 0 aliphatic heterocycles. The lowest BCUT2D eigenvalue weighted by molar-refractivity contribution is 0.912. The van der Waals surface area contributed by atoms with Gasteiger partial charge in [0.25, 0.3) is 0 Å². The van der Waals surface area contributed by atoms with Crippen LogP contribution >= 0.6 is 0 Å². The standard InChI is InChI=1S/C46H38N2/c1-32-27-34(13-12-33-14-16-37(17-15-33)45-11-4-5-25-47-45)29-42(28-32)44-10-3-2-9-43(44)36-19-21-38(22-20-36)46-31-41(24-26-48-46)40-23-18-35-7-6-8-39(35)30-40/h2-5,9-11,14-31H,6-8,12-13H2,1H3/i12D2,13D2. The van der Waals surface area contributed by atoms with Crippen LogP contribution < -0.4 is 0 Å². The molecule has 0 atom stereocenters. The second-order valence-corrected chi connectivity index (χ2v) is 12.5. The summed E-state index contributed by atoms with van der Waals surface area (Å²) in [6, 6.07) is 45.8. The molecule has 0 saturated heterocycles. The van der Waals surface area contributed by atoms with Crippen LogP contribution in [0.3, 0.4) is 0 Å². The Kier molecular flexibility index (Phi) is 7.04. The summed E-state index contributed by atoms with van der Waals surface area (Å²) in [7, 11) is 0. The molecule has 0 saturated carbocycles. The lowest BCUT2D eigenvalue weighted by Crippen LogP contribution is -1.94. The van der Waals surface area contributed by atoms with Gasteiger partial charge in [-0.25, -0.2) is 0 Å². The molecule has 0 amide bonds. The second kappa shape index (κ2) is 13.3. The van der Waals surface area contributed by atoms with Crippen molar-refractivity contribution in [2.24, 2.45) is 0 Å². The molecule has 232 valence electrons. The summed E-state index contributed by atoms with van der Waals surface area (Å²) in [5.74, 6) is 0. The average molecular weight is 623 g/mol. The van der Waals surface area contributed by atoms with E-state index in [2.05, 4.69) is 65.6 Å². The monoisotopic (exact) mass is 622 g/mol. The summed E-state index contributed by atoms with van der Waals surface area (Å²) in [6.07, 6.45) is 2.54. The molecule has 2 aromatic heterocycles. The van der Waals surface area contributed by atoms with E-state index >= 15 is 0 Å². The van der Waals surface area contributed by atoms with E-state index in [0.717, 1.165) is 62.3 Å². The van der Waals surface area contributed by atoms with Gasteiger partial charge in [0.05, 0.1) is 11.4 Å². The van der Waals surface area contributed by atoms with Crippen LogP contribution in [0.4, 0.5) is 0 Å². The third kappa shape index (κ3) is 6.35. The highest BCUT2D eigenvalue weighted by molar-refractivity contribution is 5.85. The van der Waals surface area contributed by atoms with Gasteiger partial charge in [-0.3, -0.25) is 9.97 Å². The van der Waals surface area contributed by atoms with Crippen molar-refractivity contribution in [1.29, 1.82) is 0 Å². The predicted octanol–water partition coefficient (Wildman–Crippen LogP) is 11.4. The maximum absolute atomic E-state index is 9.18. The molecule has 0 N–H and O–H groups in total. The molecule has 8 rings (SSSR count). The molecule has 5 aromatic carbocycles. The van der Waals surface area contributed by atoms with Crippen molar-refractivity contribution in [3.05, 3.63) is 180 Å². The first-order chi connectivity index (χ1) is 25.2. The molecule has 0 fully saturated rings. The van der Waals surface area contributed by atoms with Gasteiger partial charge in [0.15, 0.2) is 0 Å². The highest BCUT2D eigenvalue weighted by Gasteiger charge is 2.13. The minimum absolute atomic E-state index is 0.271. The maximum atomic E-state index is 9.18. The van der Waals surface area contributed by atoms with Crippen LogP contribution in [0.1, 0.15) is 39.7 Å². The van der Waals surface area contributed by atoms with E-state index in [0.29, 0.717) is 5.56 Å². The predicted molar refractivity (Wildman–Crippen MR) is 200 cm³/mol. The lowest BCUT2D eigenvalue weighted by Gasteiger charge is -2.14. The molecule has 1 aliphatic rings. The number of hydrogen-bond donors (Lipinski definition) is 0. The molecule has 0 bridgehead atoms. The number of fused-ring (bicyclic) bond motifs is 1. The minimum Gasteiger partial charge on any atom is -0.256 e. The largest absolute Gasteiger partial charge is 0.256 e. The first-order valence-electron chi connectivity index (χ1n) is 18.6. The lowest BCUT2D eigenvalue weighted by atomic mass is 9.91. The Labute approximate surface area is 289 Å². The summed E-state index contributed by atoms with van der Waals surface area (Å²) in [5.41, 5.74) is 14.2. The van der Waals surface area contributed by atoms with Crippen LogP contribution in [0.15, 0.2) is 152 Å². The van der Waals surface area contributed by atoms with Gasteiger partial charge in [0, 0.05) is 29.0 Å². The van der Waals surface area contributed by atoms with E-state index in [-0.39, 0.29) is 5.56 Å². The van der Waals surface area contributed by atoms with Crippen LogP contribution in [-0.4, -0.2) is 9.97 Å². The SMILES string of the molecule is [2H]C([2H])(c1ccc(-c2ccccn2)cc1)C([2H])([2H])c1cc(C)cc(-c2ccccc2-c2ccc(-c3cc(-c4ccc5c(c4)CCC5)ccn3)cc2)c1. The summed E-state index contributed by atoms with van der Waals surface area (Å²) in [4.78, 5) is 9.09. The Morgan fingerprint density at radius 3 is 1.94 bits per heavy atom. The van der Waals surface area contributed by atoms with Crippen LogP contribution in [0, 0.1) is 6.92 Å². The Balaban J connectivity index is 1.08. The van der Waals surface area contributed by atoms with Gasteiger partial charge >= 0.3 is 0 Å². The Hall–Kier alpha value is -5.60. The fourth-order valence-electron chi connectivity index (χ4n) is 6.74. The molecule has 2 heterocycles. The fourth-order valence-corrected chi connectivity index (χ4v) is 6.74. The van der Waals surface area contributed by atoms with Crippen molar-refractivity contribution in [3.63, 3.8) is 0 Å². The Morgan fingerprint density at radius 2 is 1.12 bits per heavy atom. The molecule has 7 aromatic rings. The third-order valence-electron chi connectivity index (χ3n) is 9.20. The van der Waals surface area contributed by atoms with Gasteiger partial charge in [-0.2, -0.15) is 0 Å². The number of benzene rings is 5. The zero-order valence-corrected chi connectivity index (χ0v) is 26.9. The summed E-state index contributed by atoms with van der Waals surface area (Å²) in [6.45, 7) is 1.93. The molecule has 0 radical (unpaired) electrons. The van der Waals surface area contributed by atoms with Crippen molar-refractivity contribution in [2.75, 3.05) is 0 Å². The normalized spacial score (nSPS) is 14.0. The fraction of sp³-hybridized carbons (Fsp3) is 0.130. The summed E-state index contributed by atoms with van der Waals surface area (Å²) < 4.78 is 36.5. The number of rotatable bonds is 8. The molecular formula is C46H38N2. The van der Waals surface area contributed by atoms with Gasteiger partial charge in [0.1, 0.15) is 0 Å². The maximum Gasteiger partial charge on any atom is 0.0708 e. The molecule has 48 heavy (non-hydrogen) atoms. The van der Waals surface area contributed by atoms with E-state index in [1.165, 1.54) is 29.5 Å². The molecular weight excluding hydrogens is 581 g/mol. The van der Waals surface area contributed by atoms with E-state index < -0.39 is 12.7 Å². The number of nitrogens with zero attached hydrogens (tertiary/aromatic N) is 2. The first kappa shape index (κ1) is 25.5. The van der Waals surface area contributed by atoms with Gasteiger partial charge in [-0.1, -0.05) is 121 Å². The van der Waals surface area contributed by atoms with Crippen molar-refractivity contribution >= 4 is 0 Å². The van der Waals surface area contributed by atoms with Crippen molar-refractivity contribution < 1.29 is 5.48 Å². The molecule has 2 nitrogen and oxygen atoms in total. The Morgan fingerprint density at radius 1 is 0.479 bits per heavy atom. The van der Waals surface area contributed by atoms with Crippen molar-refractivity contribution in [1.82, 2.24) is 9.97 Å². The molecule has 2 heteroatoms. The molecule has 0 spiro atoms. The number of pyridine rings is 2. The number of aryl methyl sites for hydroxylation is 5. The molecule has 0 unspecified atom stereocenters. The highest BCUT2D eigenvalue weighted by atomic mass is 14.7. The average Bonchev–Trinajstić information content (AvgIpc) is 3.66. The van der Waals surface area contributed by atoms with Crippen LogP contribution in [0.5, 0.6) is 0 Å². The third-order valence-corrected chi connectivity index (χ3v) is 9.20. The van der Waals surface area contributed by atoms with Crippen LogP contribution in [-0.2, 0) is 25.6 Å². The van der Waals surface area contributed by atoms with E-state index in [9.17, 15) is 2.74 Å². The van der Waals surface area contributed by atoms with E-state index in [4.69, 9.17) is 7.73 Å². The van der Waals surface area contributed by atoms with Crippen molar-refractivity contribution in [3.8, 4) is 55.9 Å². The molecule has 1 aliphatic carbocycles. The van der Waals surface area contributed by atoms with Gasteiger partial charge in [0.2, 0.25) is 0 Å². The highest BCUT2D eigenvalue weighted by Crippen LogP contribution is 2.35. The Bertz CT molecular complexity index is 2380. The van der Waals surface area contributed by atoms with E-state index in [1.807, 2.05) is 55.6 Å². The zero-order chi connectivity index (χ0) is 35.9. The smallest absolute Gasteiger partial charge is 0.0708 e. The summed E-state index contributed by atoms with van der Waals surface area (Å²) in [5, 5.41) is 0. The van der Waals surface area contributed by atoms with Crippen LogP contribution in [0.25, 0.3) is 55.9 Å². The van der Waals surface area contributed by atoms with Crippen LogP contribution in [0.2, 0.25) is 0 Å². The van der Waals surface area contributed by atoms with Gasteiger partial charge in [-0.05, 0) is 119 Å². The van der Waals surface area contributed by atoms with Gasteiger partial charge in [-0.15, -0.1) is 0 Å². The topological polar surface area (TPSA) is 25.8 Å².